The van der Waals surface area contributed by atoms with E-state index in [-0.39, 0.29) is 0 Å². The summed E-state index contributed by atoms with van der Waals surface area (Å²) in [5, 5.41) is 3.65. The van der Waals surface area contributed by atoms with Crippen molar-refractivity contribution in [3.8, 4) is 0 Å². The second-order valence-electron chi connectivity index (χ2n) is 4.60. The van der Waals surface area contributed by atoms with E-state index in [0.717, 1.165) is 12.2 Å². The van der Waals surface area contributed by atoms with Crippen molar-refractivity contribution in [2.24, 2.45) is 0 Å². The third-order valence-corrected chi connectivity index (χ3v) is 4.56. The van der Waals surface area contributed by atoms with Gasteiger partial charge in [0.15, 0.2) is 0 Å². The lowest BCUT2D eigenvalue weighted by Gasteiger charge is -2.15. The molecule has 2 aromatic rings. The molecule has 0 fully saturated rings. The molecule has 1 atom stereocenters. The first-order valence-electron chi connectivity index (χ1n) is 6.44. The second kappa shape index (κ2) is 5.07. The molecule has 2 aromatic carbocycles. The summed E-state index contributed by atoms with van der Waals surface area (Å²) in [4.78, 5) is 1.42. The molecule has 0 radical (unpaired) electrons. The minimum atomic E-state index is 0.443. The molecule has 0 saturated carbocycles. The molecule has 3 rings (SSSR count). The van der Waals surface area contributed by atoms with Gasteiger partial charge in [0.1, 0.15) is 0 Å². The number of rotatable bonds is 3. The molecule has 18 heavy (non-hydrogen) atoms. The van der Waals surface area contributed by atoms with E-state index in [2.05, 4.69) is 60.8 Å². The first-order valence-corrected chi connectivity index (χ1v) is 7.42. The van der Waals surface area contributed by atoms with E-state index in [4.69, 9.17) is 0 Å². The molecule has 1 nitrogen and oxygen atoms in total. The van der Waals surface area contributed by atoms with Crippen molar-refractivity contribution in [2.45, 2.75) is 24.3 Å². The molecule has 2 heteroatoms. The van der Waals surface area contributed by atoms with Gasteiger partial charge in [-0.3, -0.25) is 0 Å². The average Bonchev–Trinajstić information content (AvgIpc) is 2.83. The standard InChI is InChI=1S/C16H17NS/c1-2-12-6-5-7-13(10-12)17-15-11-18-16-9-4-3-8-14(15)16/h3-10,15,17H,2,11H2,1H3. The van der Waals surface area contributed by atoms with Crippen LogP contribution in [0.4, 0.5) is 5.69 Å². The predicted molar refractivity (Wildman–Crippen MR) is 79.3 cm³/mol. The Balaban J connectivity index is 1.82. The lowest BCUT2D eigenvalue weighted by Crippen LogP contribution is -2.09. The fourth-order valence-electron chi connectivity index (χ4n) is 2.36. The van der Waals surface area contributed by atoms with Crippen LogP contribution in [0.25, 0.3) is 0 Å². The predicted octanol–water partition coefficient (Wildman–Crippen LogP) is 4.51. The highest BCUT2D eigenvalue weighted by Crippen LogP contribution is 2.39. The van der Waals surface area contributed by atoms with Gasteiger partial charge in [0.05, 0.1) is 6.04 Å². The van der Waals surface area contributed by atoms with E-state index >= 15 is 0 Å². The maximum Gasteiger partial charge on any atom is 0.0618 e. The van der Waals surface area contributed by atoms with E-state index in [0.29, 0.717) is 6.04 Å². The largest absolute Gasteiger partial charge is 0.377 e. The zero-order valence-corrected chi connectivity index (χ0v) is 11.3. The van der Waals surface area contributed by atoms with Crippen LogP contribution in [0.3, 0.4) is 0 Å². The summed E-state index contributed by atoms with van der Waals surface area (Å²) < 4.78 is 0. The molecule has 1 aliphatic heterocycles. The number of nitrogens with one attached hydrogen (secondary N) is 1. The number of hydrogen-bond acceptors (Lipinski definition) is 2. The van der Waals surface area contributed by atoms with Gasteiger partial charge >= 0.3 is 0 Å². The zero-order chi connectivity index (χ0) is 12.4. The van der Waals surface area contributed by atoms with Crippen molar-refractivity contribution < 1.29 is 0 Å². The number of hydrogen-bond donors (Lipinski definition) is 1. The summed E-state index contributed by atoms with van der Waals surface area (Å²) in [6, 6.07) is 17.9. The highest BCUT2D eigenvalue weighted by molar-refractivity contribution is 7.99. The van der Waals surface area contributed by atoms with Crippen molar-refractivity contribution in [3.63, 3.8) is 0 Å². The van der Waals surface area contributed by atoms with Gasteiger partial charge in [-0.1, -0.05) is 37.3 Å². The molecule has 0 amide bonds. The van der Waals surface area contributed by atoms with E-state index in [1.807, 2.05) is 11.8 Å². The summed E-state index contributed by atoms with van der Waals surface area (Å²) in [7, 11) is 0. The van der Waals surface area contributed by atoms with Gasteiger partial charge in [-0.15, -0.1) is 11.8 Å². The number of benzene rings is 2. The Bertz CT molecular complexity index is 550. The Labute approximate surface area is 113 Å². The Morgan fingerprint density at radius 1 is 1.17 bits per heavy atom. The smallest absolute Gasteiger partial charge is 0.0618 e. The fourth-order valence-corrected chi connectivity index (χ4v) is 3.53. The van der Waals surface area contributed by atoms with Crippen LogP contribution in [0.15, 0.2) is 53.4 Å². The molecule has 1 unspecified atom stereocenters. The van der Waals surface area contributed by atoms with Gasteiger partial charge in [0.25, 0.3) is 0 Å². The van der Waals surface area contributed by atoms with Crippen LogP contribution in [-0.2, 0) is 6.42 Å². The van der Waals surface area contributed by atoms with Gasteiger partial charge in [-0.05, 0) is 35.7 Å². The third kappa shape index (κ3) is 2.25. The van der Waals surface area contributed by atoms with Crippen LogP contribution in [0.5, 0.6) is 0 Å². The lowest BCUT2D eigenvalue weighted by molar-refractivity contribution is 0.899. The summed E-state index contributed by atoms with van der Waals surface area (Å²) in [6.07, 6.45) is 1.09. The van der Waals surface area contributed by atoms with E-state index < -0.39 is 0 Å². The Morgan fingerprint density at radius 2 is 2.06 bits per heavy atom. The molecule has 92 valence electrons. The number of fused-ring (bicyclic) bond motifs is 1. The van der Waals surface area contributed by atoms with Gasteiger partial charge in [0, 0.05) is 16.3 Å². The maximum absolute atomic E-state index is 3.65. The van der Waals surface area contributed by atoms with Gasteiger partial charge < -0.3 is 5.32 Å². The fraction of sp³-hybridized carbons (Fsp3) is 0.250. The highest BCUT2D eigenvalue weighted by atomic mass is 32.2. The van der Waals surface area contributed by atoms with Crippen molar-refractivity contribution in [2.75, 3.05) is 11.1 Å². The maximum atomic E-state index is 3.65. The van der Waals surface area contributed by atoms with Crippen molar-refractivity contribution >= 4 is 17.4 Å². The Morgan fingerprint density at radius 3 is 2.94 bits per heavy atom. The number of anilines is 1. The third-order valence-electron chi connectivity index (χ3n) is 3.38. The SMILES string of the molecule is CCc1cccc(NC2CSc3ccccc32)c1. The Kier molecular flexibility index (Phi) is 3.28. The van der Waals surface area contributed by atoms with Crippen molar-refractivity contribution in [1.82, 2.24) is 0 Å². The average molecular weight is 255 g/mol. The van der Waals surface area contributed by atoms with Crippen LogP contribution in [0, 0.1) is 0 Å². The quantitative estimate of drug-likeness (QED) is 0.866. The first kappa shape index (κ1) is 11.7. The lowest BCUT2D eigenvalue weighted by atomic mass is 10.1. The summed E-state index contributed by atoms with van der Waals surface area (Å²) in [5.41, 5.74) is 4.06. The molecule has 1 N–H and O–H groups in total. The minimum absolute atomic E-state index is 0.443. The number of aryl methyl sites for hydroxylation is 1. The topological polar surface area (TPSA) is 12.0 Å². The molecule has 1 heterocycles. The van der Waals surface area contributed by atoms with Gasteiger partial charge in [0.2, 0.25) is 0 Å². The normalized spacial score (nSPS) is 17.5. The number of thioether (sulfide) groups is 1. The minimum Gasteiger partial charge on any atom is -0.377 e. The summed E-state index contributed by atoms with van der Waals surface area (Å²) >= 11 is 1.94. The zero-order valence-electron chi connectivity index (χ0n) is 10.5. The molecule has 0 saturated heterocycles. The van der Waals surface area contributed by atoms with Gasteiger partial charge in [-0.2, -0.15) is 0 Å². The molecular weight excluding hydrogens is 238 g/mol. The van der Waals surface area contributed by atoms with E-state index in [1.165, 1.54) is 21.7 Å². The van der Waals surface area contributed by atoms with E-state index in [1.54, 1.807) is 0 Å². The second-order valence-corrected chi connectivity index (χ2v) is 5.66. The van der Waals surface area contributed by atoms with Crippen LogP contribution < -0.4 is 5.32 Å². The molecular formula is C16H17NS. The van der Waals surface area contributed by atoms with Crippen LogP contribution >= 0.6 is 11.8 Å². The molecule has 0 spiro atoms. The highest BCUT2D eigenvalue weighted by Gasteiger charge is 2.22. The molecule has 0 bridgehead atoms. The van der Waals surface area contributed by atoms with E-state index in [9.17, 15) is 0 Å². The molecule has 1 aliphatic rings. The van der Waals surface area contributed by atoms with Crippen LogP contribution in [0.1, 0.15) is 24.1 Å². The van der Waals surface area contributed by atoms with Crippen molar-refractivity contribution in [3.05, 3.63) is 59.7 Å². The monoisotopic (exact) mass is 255 g/mol. The Hall–Kier alpha value is -1.41. The van der Waals surface area contributed by atoms with Gasteiger partial charge in [-0.25, -0.2) is 0 Å². The first-order chi connectivity index (χ1) is 8.86. The summed E-state index contributed by atoms with van der Waals surface area (Å²) in [5.74, 6) is 1.12. The van der Waals surface area contributed by atoms with Crippen LogP contribution in [0.2, 0.25) is 0 Å². The summed E-state index contributed by atoms with van der Waals surface area (Å²) in [6.45, 7) is 2.19. The van der Waals surface area contributed by atoms with Crippen molar-refractivity contribution in [1.29, 1.82) is 0 Å². The van der Waals surface area contributed by atoms with Crippen LogP contribution in [-0.4, -0.2) is 5.75 Å². The molecule has 0 aromatic heterocycles. The molecule has 0 aliphatic carbocycles.